The molecular formula is C11H15IN2O. The highest BCUT2D eigenvalue weighted by Gasteiger charge is 2.24. The van der Waals surface area contributed by atoms with Gasteiger partial charge in [-0.15, -0.1) is 0 Å². The zero-order valence-electron chi connectivity index (χ0n) is 11.5. The number of aromatic nitrogens is 1. The number of rotatable bonds is 3. The van der Waals surface area contributed by atoms with Crippen molar-refractivity contribution >= 4 is 22.6 Å². The molecule has 0 amide bonds. The van der Waals surface area contributed by atoms with Crippen LogP contribution in [0.2, 0.25) is 0 Å². The van der Waals surface area contributed by atoms with Gasteiger partial charge in [-0.3, -0.25) is 9.88 Å². The van der Waals surface area contributed by atoms with E-state index in [-0.39, 0.29) is 6.04 Å². The average Bonchev–Trinajstić information content (AvgIpc) is 2.17. The van der Waals surface area contributed by atoms with Crippen LogP contribution in [-0.2, 0) is 0 Å². The maximum absolute atomic E-state index is 7.36. The Morgan fingerprint density at radius 3 is 3.27 bits per heavy atom. The summed E-state index contributed by atoms with van der Waals surface area (Å²) in [6, 6.07) is 1.92. The van der Waals surface area contributed by atoms with Gasteiger partial charge in [-0.05, 0) is 55.5 Å². The lowest BCUT2D eigenvalue weighted by atomic mass is 10.1. The predicted octanol–water partition coefficient (Wildman–Crippen LogP) is 2.08. The van der Waals surface area contributed by atoms with Crippen molar-refractivity contribution in [3.05, 3.63) is 21.5 Å². The number of nitrogens with zero attached hydrogens (tertiary/aromatic N) is 2. The lowest BCUT2D eigenvalue weighted by molar-refractivity contribution is 0.0764. The van der Waals surface area contributed by atoms with E-state index in [1.807, 2.05) is 13.0 Å². The number of likely N-dealkylation sites (N-methyl/N-ethyl adjacent to an activating group) is 1. The zero-order valence-corrected chi connectivity index (χ0v) is 10.7. The molecule has 0 N–H and O–H groups in total. The third kappa shape index (κ3) is 2.60. The molecule has 1 aliphatic rings. The number of likely N-dealkylation sites (tertiary alicyclic amines) is 1. The SMILES string of the molecule is [2H]C([2H])([2H])N1CC[C@@H]1COc1cnc(C)cc1I. The van der Waals surface area contributed by atoms with Crippen LogP contribution in [0.1, 0.15) is 16.2 Å². The third-order valence-electron chi connectivity index (χ3n) is 2.53. The first-order valence-electron chi connectivity index (χ1n) is 6.39. The van der Waals surface area contributed by atoms with Crippen molar-refractivity contribution in [2.24, 2.45) is 0 Å². The van der Waals surface area contributed by atoms with E-state index in [2.05, 4.69) is 27.6 Å². The lowest BCUT2D eigenvalue weighted by Gasteiger charge is -2.37. The fraction of sp³-hybridized carbons (Fsp3) is 0.545. The highest BCUT2D eigenvalue weighted by molar-refractivity contribution is 14.1. The summed E-state index contributed by atoms with van der Waals surface area (Å²) in [5.41, 5.74) is 0.944. The predicted molar refractivity (Wildman–Crippen MR) is 68.2 cm³/mol. The molecule has 1 aliphatic heterocycles. The van der Waals surface area contributed by atoms with Gasteiger partial charge in [0.1, 0.15) is 6.61 Å². The minimum absolute atomic E-state index is 0.0189. The lowest BCUT2D eigenvalue weighted by Crippen LogP contribution is -2.48. The van der Waals surface area contributed by atoms with E-state index in [4.69, 9.17) is 8.85 Å². The van der Waals surface area contributed by atoms with Crippen LogP contribution in [0, 0.1) is 10.5 Å². The first kappa shape index (κ1) is 7.84. The summed E-state index contributed by atoms with van der Waals surface area (Å²) in [5.74, 6) is 0.721. The number of ether oxygens (including phenoxy) is 1. The molecule has 1 fully saturated rings. The smallest absolute Gasteiger partial charge is 0.150 e. The molecule has 2 rings (SSSR count). The number of pyridine rings is 1. The van der Waals surface area contributed by atoms with E-state index in [9.17, 15) is 0 Å². The first-order chi connectivity index (χ1) is 8.38. The number of halogens is 1. The zero-order chi connectivity index (χ0) is 13.3. The molecule has 0 aliphatic carbocycles. The maximum atomic E-state index is 7.36. The summed E-state index contributed by atoms with van der Waals surface area (Å²) in [6.45, 7) is 0.937. The molecule has 3 nitrogen and oxygen atoms in total. The fourth-order valence-corrected chi connectivity index (χ4v) is 2.17. The Kier molecular flexibility index (Phi) is 2.43. The quantitative estimate of drug-likeness (QED) is 0.797. The van der Waals surface area contributed by atoms with E-state index in [1.165, 1.54) is 4.90 Å². The summed E-state index contributed by atoms with van der Waals surface area (Å²) < 4.78 is 28.7. The van der Waals surface area contributed by atoms with Gasteiger partial charge in [-0.2, -0.15) is 0 Å². The Morgan fingerprint density at radius 1 is 1.80 bits per heavy atom. The van der Waals surface area contributed by atoms with Gasteiger partial charge in [0.25, 0.3) is 0 Å². The molecular weight excluding hydrogens is 303 g/mol. The van der Waals surface area contributed by atoms with Crippen LogP contribution in [-0.4, -0.2) is 36.1 Å². The van der Waals surface area contributed by atoms with E-state index >= 15 is 0 Å². The molecule has 82 valence electrons. The van der Waals surface area contributed by atoms with Gasteiger partial charge in [0.05, 0.1) is 9.77 Å². The molecule has 0 radical (unpaired) electrons. The van der Waals surface area contributed by atoms with E-state index in [0.29, 0.717) is 13.2 Å². The minimum Gasteiger partial charge on any atom is -0.489 e. The van der Waals surface area contributed by atoms with Crippen LogP contribution in [0.3, 0.4) is 0 Å². The third-order valence-corrected chi connectivity index (χ3v) is 3.37. The van der Waals surface area contributed by atoms with E-state index in [1.54, 1.807) is 6.20 Å². The van der Waals surface area contributed by atoms with Crippen molar-refractivity contribution < 1.29 is 8.85 Å². The maximum Gasteiger partial charge on any atom is 0.150 e. The number of aryl methyl sites for hydroxylation is 1. The molecule has 1 aromatic heterocycles. The molecule has 0 bridgehead atoms. The summed E-state index contributed by atoms with van der Waals surface area (Å²) >= 11 is 2.19. The fourth-order valence-electron chi connectivity index (χ4n) is 1.42. The molecule has 0 saturated carbocycles. The van der Waals surface area contributed by atoms with Crippen molar-refractivity contribution in [3.8, 4) is 5.75 Å². The molecule has 0 spiro atoms. The monoisotopic (exact) mass is 321 g/mol. The van der Waals surface area contributed by atoms with Crippen LogP contribution in [0.25, 0.3) is 0 Å². The molecule has 0 aromatic carbocycles. The van der Waals surface area contributed by atoms with Crippen LogP contribution in [0.15, 0.2) is 12.3 Å². The van der Waals surface area contributed by atoms with E-state index in [0.717, 1.165) is 21.4 Å². The first-order valence-corrected chi connectivity index (χ1v) is 5.97. The topological polar surface area (TPSA) is 25.4 Å². The molecule has 4 heteroatoms. The van der Waals surface area contributed by atoms with Crippen molar-refractivity contribution in [1.82, 2.24) is 9.88 Å². The Morgan fingerprint density at radius 2 is 2.67 bits per heavy atom. The Labute approximate surface area is 108 Å². The molecule has 15 heavy (non-hydrogen) atoms. The van der Waals surface area contributed by atoms with Gasteiger partial charge in [-0.25, -0.2) is 0 Å². The number of hydrogen-bond acceptors (Lipinski definition) is 3. The van der Waals surface area contributed by atoms with E-state index < -0.39 is 6.98 Å². The second-order valence-electron chi connectivity index (χ2n) is 3.70. The van der Waals surface area contributed by atoms with Crippen LogP contribution in [0.5, 0.6) is 5.75 Å². The van der Waals surface area contributed by atoms with Gasteiger partial charge in [0, 0.05) is 15.8 Å². The molecule has 1 saturated heterocycles. The van der Waals surface area contributed by atoms with Crippen molar-refractivity contribution in [3.63, 3.8) is 0 Å². The Hall–Kier alpha value is -0.360. The summed E-state index contributed by atoms with van der Waals surface area (Å²) in [6.07, 6.45) is 2.56. The van der Waals surface area contributed by atoms with Crippen molar-refractivity contribution in [1.29, 1.82) is 0 Å². The van der Waals surface area contributed by atoms with Gasteiger partial charge in [0.2, 0.25) is 0 Å². The minimum atomic E-state index is -2.01. The molecule has 0 unspecified atom stereocenters. The van der Waals surface area contributed by atoms with Gasteiger partial charge < -0.3 is 4.74 Å². The van der Waals surface area contributed by atoms with Crippen LogP contribution in [0.4, 0.5) is 0 Å². The average molecular weight is 321 g/mol. The van der Waals surface area contributed by atoms with Gasteiger partial charge >= 0.3 is 0 Å². The van der Waals surface area contributed by atoms with Crippen molar-refractivity contribution in [2.75, 3.05) is 20.1 Å². The molecule has 2 heterocycles. The second-order valence-corrected chi connectivity index (χ2v) is 4.87. The highest BCUT2D eigenvalue weighted by atomic mass is 127. The standard InChI is InChI=1S/C11H15IN2O/c1-8-5-10(12)11(6-13-8)15-7-9-3-4-14(9)2/h5-6,9H,3-4,7H2,1-2H3/t9-/m1/s1/i2D3. The summed E-state index contributed by atoms with van der Waals surface area (Å²) in [5, 5.41) is 0. The second kappa shape index (κ2) is 4.65. The Bertz CT molecular complexity index is 439. The van der Waals surface area contributed by atoms with Gasteiger partial charge in [0.15, 0.2) is 5.75 Å². The number of hydrogen-bond donors (Lipinski definition) is 0. The molecule has 1 aromatic rings. The highest BCUT2D eigenvalue weighted by Crippen LogP contribution is 2.22. The van der Waals surface area contributed by atoms with Gasteiger partial charge in [-0.1, -0.05) is 0 Å². The summed E-state index contributed by atoms with van der Waals surface area (Å²) in [7, 11) is 0. The van der Waals surface area contributed by atoms with Crippen molar-refractivity contribution in [2.45, 2.75) is 19.4 Å². The van der Waals surface area contributed by atoms with Crippen LogP contribution < -0.4 is 4.74 Å². The normalized spacial score (nSPS) is 24.9. The Balaban J connectivity index is 1.92. The molecule has 1 atom stereocenters. The summed E-state index contributed by atoms with van der Waals surface area (Å²) in [4.78, 5) is 5.68. The largest absolute Gasteiger partial charge is 0.489 e. The van der Waals surface area contributed by atoms with Crippen LogP contribution >= 0.6 is 22.6 Å².